The van der Waals surface area contributed by atoms with Gasteiger partial charge in [-0.05, 0) is 64.2 Å². The van der Waals surface area contributed by atoms with Gasteiger partial charge in [0.2, 0.25) is 5.91 Å². The van der Waals surface area contributed by atoms with Crippen molar-refractivity contribution in [1.29, 1.82) is 0 Å². The Labute approximate surface area is 577 Å². The van der Waals surface area contributed by atoms with Crippen LogP contribution in [0.15, 0.2) is 48.6 Å². The highest BCUT2D eigenvalue weighted by molar-refractivity contribution is 5.76. The Bertz CT molecular complexity index is 1620. The van der Waals surface area contributed by atoms with Gasteiger partial charge < -0.3 is 40.3 Å². The Morgan fingerprint density at radius 3 is 0.968 bits per heavy atom. The molecular formula is C84H159NO8. The van der Waals surface area contributed by atoms with Gasteiger partial charge in [0.25, 0.3) is 0 Å². The third kappa shape index (κ3) is 61.0. The van der Waals surface area contributed by atoms with E-state index in [1.54, 1.807) is 6.08 Å². The van der Waals surface area contributed by atoms with Gasteiger partial charge in [-0.15, -0.1) is 0 Å². The van der Waals surface area contributed by atoms with Crippen molar-refractivity contribution in [3.05, 3.63) is 48.6 Å². The van der Waals surface area contributed by atoms with Crippen LogP contribution in [-0.2, 0) is 14.3 Å². The molecular weight excluding hydrogens is 1150 g/mol. The zero-order chi connectivity index (χ0) is 67.1. The van der Waals surface area contributed by atoms with Crippen molar-refractivity contribution in [2.24, 2.45) is 0 Å². The van der Waals surface area contributed by atoms with Crippen LogP contribution in [0.4, 0.5) is 0 Å². The van der Waals surface area contributed by atoms with Crippen LogP contribution >= 0.6 is 0 Å². The Morgan fingerprint density at radius 1 is 0.366 bits per heavy atom. The predicted molar refractivity (Wildman–Crippen MR) is 401 cm³/mol. The topological polar surface area (TPSA) is 149 Å². The number of hydrogen-bond donors (Lipinski definition) is 6. The summed E-state index contributed by atoms with van der Waals surface area (Å²) in [5.74, 6) is -0.178. The number of carbonyl (C=O) groups is 1. The molecule has 7 atom stereocenters. The van der Waals surface area contributed by atoms with Crippen LogP contribution in [0.3, 0.4) is 0 Å². The fourth-order valence-corrected chi connectivity index (χ4v) is 13.4. The summed E-state index contributed by atoms with van der Waals surface area (Å²) in [5.41, 5.74) is 0. The van der Waals surface area contributed by atoms with E-state index in [-0.39, 0.29) is 12.5 Å². The summed E-state index contributed by atoms with van der Waals surface area (Å²) in [6.45, 7) is 3.82. The molecule has 93 heavy (non-hydrogen) atoms. The quantitative estimate of drug-likeness (QED) is 0.0261. The first-order chi connectivity index (χ1) is 45.8. The lowest BCUT2D eigenvalue weighted by molar-refractivity contribution is -0.302. The van der Waals surface area contributed by atoms with Crippen LogP contribution in [0.1, 0.15) is 425 Å². The first kappa shape index (κ1) is 89.2. The molecule has 1 saturated heterocycles. The summed E-state index contributed by atoms with van der Waals surface area (Å²) in [6, 6.07) is -0.823. The van der Waals surface area contributed by atoms with Crippen molar-refractivity contribution in [2.75, 3.05) is 13.2 Å². The SMILES string of the molecule is CCCCCCC/C=C\C/C=C\CCCCCCCCCCCCCCCCCCCCCCCCCCCC(=O)NC(COC1OC(CO)C(O)C(O)C1O)C(O)/C=C/CC/C=C/CCCCCCCCCCCCCCCCCCCCCCCCCCCCC. The van der Waals surface area contributed by atoms with E-state index >= 15 is 0 Å². The molecule has 0 aliphatic carbocycles. The van der Waals surface area contributed by atoms with E-state index in [1.807, 2.05) is 6.08 Å². The first-order valence-electron chi connectivity index (χ1n) is 41.4. The summed E-state index contributed by atoms with van der Waals surface area (Å²) in [5, 5.41) is 54.9. The number of rotatable bonds is 74. The fraction of sp³-hybridized carbons (Fsp3) is 0.893. The van der Waals surface area contributed by atoms with Gasteiger partial charge in [0, 0.05) is 6.42 Å². The molecule has 1 rings (SSSR count). The number of aliphatic hydroxyl groups is 5. The molecule has 1 aliphatic heterocycles. The summed E-state index contributed by atoms with van der Waals surface area (Å²) < 4.78 is 11.3. The Balaban J connectivity index is 2.06. The van der Waals surface area contributed by atoms with Crippen LogP contribution in [0.25, 0.3) is 0 Å². The number of hydrogen-bond acceptors (Lipinski definition) is 8. The molecule has 0 bridgehead atoms. The number of allylic oxidation sites excluding steroid dienone is 7. The molecule has 0 aromatic heterocycles. The third-order valence-corrected chi connectivity index (χ3v) is 19.9. The molecule has 548 valence electrons. The van der Waals surface area contributed by atoms with E-state index in [2.05, 4.69) is 55.6 Å². The number of nitrogens with one attached hydrogen (secondary N) is 1. The largest absolute Gasteiger partial charge is 0.394 e. The monoisotopic (exact) mass is 1310 g/mol. The van der Waals surface area contributed by atoms with E-state index in [0.29, 0.717) is 6.42 Å². The molecule has 7 unspecified atom stereocenters. The number of unbranched alkanes of at least 4 members (excludes halogenated alkanes) is 58. The minimum Gasteiger partial charge on any atom is -0.394 e. The molecule has 6 N–H and O–H groups in total. The Hall–Kier alpha value is -1.85. The van der Waals surface area contributed by atoms with Crippen molar-refractivity contribution in [3.8, 4) is 0 Å². The average molecular weight is 1310 g/mol. The van der Waals surface area contributed by atoms with E-state index in [4.69, 9.17) is 9.47 Å². The molecule has 9 nitrogen and oxygen atoms in total. The van der Waals surface area contributed by atoms with Gasteiger partial charge >= 0.3 is 0 Å². The highest BCUT2D eigenvalue weighted by atomic mass is 16.7. The van der Waals surface area contributed by atoms with Gasteiger partial charge in [0.05, 0.1) is 25.4 Å². The highest BCUT2D eigenvalue weighted by Gasteiger charge is 2.44. The number of aliphatic hydroxyl groups excluding tert-OH is 5. The highest BCUT2D eigenvalue weighted by Crippen LogP contribution is 2.24. The van der Waals surface area contributed by atoms with Crippen LogP contribution in [-0.4, -0.2) is 87.5 Å². The molecule has 1 fully saturated rings. The predicted octanol–water partition coefficient (Wildman–Crippen LogP) is 23.9. The molecule has 1 amide bonds. The van der Waals surface area contributed by atoms with E-state index in [1.165, 1.54) is 360 Å². The smallest absolute Gasteiger partial charge is 0.220 e. The van der Waals surface area contributed by atoms with Crippen molar-refractivity contribution in [1.82, 2.24) is 5.32 Å². The van der Waals surface area contributed by atoms with E-state index < -0.39 is 49.5 Å². The molecule has 0 saturated carbocycles. The van der Waals surface area contributed by atoms with Crippen LogP contribution in [0.2, 0.25) is 0 Å². The van der Waals surface area contributed by atoms with Crippen molar-refractivity contribution in [2.45, 2.75) is 468 Å². The van der Waals surface area contributed by atoms with Crippen LogP contribution in [0, 0.1) is 0 Å². The van der Waals surface area contributed by atoms with Crippen molar-refractivity contribution in [3.63, 3.8) is 0 Å². The van der Waals surface area contributed by atoms with Gasteiger partial charge in [-0.3, -0.25) is 4.79 Å². The lowest BCUT2D eigenvalue weighted by Crippen LogP contribution is -2.60. The first-order valence-corrected chi connectivity index (χ1v) is 41.4. The molecule has 0 spiro atoms. The second kappa shape index (κ2) is 72.9. The minimum absolute atomic E-state index is 0.178. The van der Waals surface area contributed by atoms with Crippen LogP contribution in [0.5, 0.6) is 0 Å². The fourth-order valence-electron chi connectivity index (χ4n) is 13.4. The van der Waals surface area contributed by atoms with E-state index in [9.17, 15) is 30.3 Å². The Morgan fingerprint density at radius 2 is 0.645 bits per heavy atom. The molecule has 0 aromatic rings. The summed E-state index contributed by atoms with van der Waals surface area (Å²) in [4.78, 5) is 13.2. The van der Waals surface area contributed by atoms with Crippen LogP contribution < -0.4 is 5.32 Å². The lowest BCUT2D eigenvalue weighted by atomic mass is 9.99. The summed E-state index contributed by atoms with van der Waals surface area (Å²) >= 11 is 0. The zero-order valence-corrected chi connectivity index (χ0v) is 61.8. The Kier molecular flexibility index (Phi) is 69.9. The van der Waals surface area contributed by atoms with Gasteiger partial charge in [0.1, 0.15) is 24.4 Å². The molecule has 0 radical (unpaired) electrons. The zero-order valence-electron chi connectivity index (χ0n) is 61.8. The molecule has 1 heterocycles. The molecule has 9 heteroatoms. The van der Waals surface area contributed by atoms with Gasteiger partial charge in [0.15, 0.2) is 6.29 Å². The van der Waals surface area contributed by atoms with E-state index in [0.717, 1.165) is 44.9 Å². The van der Waals surface area contributed by atoms with Crippen molar-refractivity contribution < 1.29 is 39.8 Å². The second-order valence-electron chi connectivity index (χ2n) is 28.9. The molecule has 0 aromatic carbocycles. The summed E-state index contributed by atoms with van der Waals surface area (Å²) in [7, 11) is 0. The number of ether oxygens (including phenoxy) is 2. The maximum Gasteiger partial charge on any atom is 0.220 e. The van der Waals surface area contributed by atoms with Gasteiger partial charge in [-0.25, -0.2) is 0 Å². The second-order valence-corrected chi connectivity index (χ2v) is 28.9. The third-order valence-electron chi connectivity index (χ3n) is 19.9. The normalized spacial score (nSPS) is 17.8. The maximum absolute atomic E-state index is 13.2. The average Bonchev–Trinajstić information content (AvgIpc) is 1.01. The van der Waals surface area contributed by atoms with Gasteiger partial charge in [-0.2, -0.15) is 0 Å². The number of carbonyl (C=O) groups excluding carboxylic acids is 1. The molecule has 1 aliphatic rings. The van der Waals surface area contributed by atoms with Gasteiger partial charge in [-0.1, -0.05) is 403 Å². The number of amides is 1. The van der Waals surface area contributed by atoms with Crippen molar-refractivity contribution >= 4 is 5.91 Å². The maximum atomic E-state index is 13.2. The standard InChI is InChI=1S/C84H159NO8/c1-3-5-7-9-11-13-15-17-19-21-23-25-27-29-31-33-35-37-38-39-40-42-44-46-48-50-52-54-56-58-60-62-64-66-68-70-72-74-80(88)85-77(76-92-84-83(91)82(90)81(89)79(75-86)93-84)78(87)73-71-69-67-65-63-61-59-57-55-53-51-49-47-45-43-41-36-34-32-30-28-26-24-22-20-18-16-14-12-10-8-6-4-2/h15,17,21,23,63,65,71,73,77-79,81-84,86-87,89-91H,3-14,16,18-20,22,24-62,64,66-70,72,74-76H2,1-2H3,(H,85,88)/b17-15-,23-21-,65-63+,73-71+. The minimum atomic E-state index is -1.57. The lowest BCUT2D eigenvalue weighted by Gasteiger charge is -2.40. The summed E-state index contributed by atoms with van der Waals surface area (Å²) in [6.07, 6.45) is 94.3.